The molecule has 0 saturated carbocycles. The molecular formula is C13H17NO2. The van der Waals surface area contributed by atoms with E-state index in [4.69, 9.17) is 4.74 Å². The first-order valence-corrected chi connectivity index (χ1v) is 5.52. The molecule has 1 fully saturated rings. The van der Waals surface area contributed by atoms with E-state index in [9.17, 15) is 4.79 Å². The summed E-state index contributed by atoms with van der Waals surface area (Å²) in [4.78, 5) is 13.4. The minimum atomic E-state index is -0.416. The van der Waals surface area contributed by atoms with Crippen LogP contribution in [0.5, 0.6) is 0 Å². The lowest BCUT2D eigenvalue weighted by atomic mass is 10.2. The van der Waals surface area contributed by atoms with Gasteiger partial charge in [0.05, 0.1) is 6.04 Å². The molecule has 1 aliphatic rings. The molecule has 0 aromatic heterocycles. The average molecular weight is 219 g/mol. The van der Waals surface area contributed by atoms with Gasteiger partial charge in [0.1, 0.15) is 5.60 Å². The van der Waals surface area contributed by atoms with Gasteiger partial charge in [-0.15, -0.1) is 0 Å². The SMILES string of the molecule is CC(C)(C)OC(=O)N1CC1c1ccccc1. The minimum Gasteiger partial charge on any atom is -0.444 e. The van der Waals surface area contributed by atoms with E-state index in [2.05, 4.69) is 0 Å². The molecule has 86 valence electrons. The molecule has 0 N–H and O–H groups in total. The van der Waals surface area contributed by atoms with Crippen LogP contribution in [0.4, 0.5) is 4.79 Å². The summed E-state index contributed by atoms with van der Waals surface area (Å²) in [5.74, 6) is 0. The summed E-state index contributed by atoms with van der Waals surface area (Å²) in [7, 11) is 0. The molecule has 0 spiro atoms. The van der Waals surface area contributed by atoms with Gasteiger partial charge in [-0.1, -0.05) is 30.3 Å². The average Bonchev–Trinajstić information content (AvgIpc) is 2.96. The Hall–Kier alpha value is -1.51. The quantitative estimate of drug-likeness (QED) is 0.679. The van der Waals surface area contributed by atoms with Crippen LogP contribution in [0.15, 0.2) is 30.3 Å². The number of ether oxygens (including phenoxy) is 1. The number of hydrogen-bond donors (Lipinski definition) is 0. The van der Waals surface area contributed by atoms with Crippen LogP contribution in [0.2, 0.25) is 0 Å². The van der Waals surface area contributed by atoms with E-state index >= 15 is 0 Å². The summed E-state index contributed by atoms with van der Waals surface area (Å²) in [6.45, 7) is 6.41. The molecule has 0 radical (unpaired) electrons. The summed E-state index contributed by atoms with van der Waals surface area (Å²) < 4.78 is 5.30. The Morgan fingerprint density at radius 3 is 2.50 bits per heavy atom. The highest BCUT2D eigenvalue weighted by Gasteiger charge is 2.41. The number of nitrogens with zero attached hydrogens (tertiary/aromatic N) is 1. The van der Waals surface area contributed by atoms with Crippen LogP contribution in [0.1, 0.15) is 32.4 Å². The maximum atomic E-state index is 11.7. The van der Waals surface area contributed by atoms with Gasteiger partial charge in [-0.3, -0.25) is 4.90 Å². The summed E-state index contributed by atoms with van der Waals surface area (Å²) in [6, 6.07) is 10.2. The molecule has 2 rings (SSSR count). The fraction of sp³-hybridized carbons (Fsp3) is 0.462. The highest BCUT2D eigenvalue weighted by Crippen LogP contribution is 2.35. The van der Waals surface area contributed by atoms with Crippen molar-refractivity contribution >= 4 is 6.09 Å². The van der Waals surface area contributed by atoms with Crippen molar-refractivity contribution in [2.24, 2.45) is 0 Å². The van der Waals surface area contributed by atoms with Gasteiger partial charge in [0, 0.05) is 6.54 Å². The van der Waals surface area contributed by atoms with Crippen molar-refractivity contribution in [2.45, 2.75) is 32.4 Å². The molecule has 1 amide bonds. The van der Waals surface area contributed by atoms with Crippen molar-refractivity contribution in [2.75, 3.05) is 6.54 Å². The molecule has 3 nitrogen and oxygen atoms in total. The standard InChI is InChI=1S/C13H17NO2/c1-13(2,3)16-12(15)14-9-11(14)10-7-5-4-6-8-10/h4-8,11H,9H2,1-3H3. The van der Waals surface area contributed by atoms with E-state index in [1.165, 1.54) is 5.56 Å². The fourth-order valence-corrected chi connectivity index (χ4v) is 1.62. The third kappa shape index (κ3) is 2.54. The number of amides is 1. The maximum Gasteiger partial charge on any atom is 0.410 e. The first-order valence-electron chi connectivity index (χ1n) is 5.52. The number of carbonyl (C=O) groups is 1. The summed E-state index contributed by atoms with van der Waals surface area (Å²) in [5, 5.41) is 0. The smallest absolute Gasteiger partial charge is 0.410 e. The Labute approximate surface area is 96.0 Å². The molecule has 1 saturated heterocycles. The summed E-state index contributed by atoms with van der Waals surface area (Å²) >= 11 is 0. The maximum absolute atomic E-state index is 11.7. The largest absolute Gasteiger partial charge is 0.444 e. The molecule has 1 unspecified atom stereocenters. The van der Waals surface area contributed by atoms with Gasteiger partial charge in [0.2, 0.25) is 0 Å². The summed E-state index contributed by atoms with van der Waals surface area (Å²) in [5.41, 5.74) is 0.759. The molecule has 1 aliphatic heterocycles. The van der Waals surface area contributed by atoms with Crippen LogP contribution in [0.25, 0.3) is 0 Å². The number of benzene rings is 1. The van der Waals surface area contributed by atoms with Gasteiger partial charge in [0.15, 0.2) is 0 Å². The third-order valence-electron chi connectivity index (χ3n) is 2.42. The van der Waals surface area contributed by atoms with E-state index in [-0.39, 0.29) is 12.1 Å². The Morgan fingerprint density at radius 1 is 1.31 bits per heavy atom. The second kappa shape index (κ2) is 3.81. The van der Waals surface area contributed by atoms with Crippen molar-refractivity contribution in [3.8, 4) is 0 Å². The Bertz CT molecular complexity index is 381. The molecule has 1 heterocycles. The molecule has 1 aromatic rings. The normalized spacial score (nSPS) is 19.4. The first kappa shape index (κ1) is 11.0. The minimum absolute atomic E-state index is 0.205. The Kier molecular flexibility index (Phi) is 2.62. The third-order valence-corrected chi connectivity index (χ3v) is 2.42. The van der Waals surface area contributed by atoms with Crippen LogP contribution >= 0.6 is 0 Å². The summed E-state index contributed by atoms with van der Waals surface area (Å²) in [6.07, 6.45) is -0.221. The number of rotatable bonds is 1. The van der Waals surface area contributed by atoms with E-state index in [1.54, 1.807) is 4.90 Å². The van der Waals surface area contributed by atoms with Crippen molar-refractivity contribution < 1.29 is 9.53 Å². The predicted octanol–water partition coefficient (Wildman–Crippen LogP) is 2.98. The van der Waals surface area contributed by atoms with Gasteiger partial charge < -0.3 is 4.74 Å². The van der Waals surface area contributed by atoms with Crippen LogP contribution in [0.3, 0.4) is 0 Å². The van der Waals surface area contributed by atoms with Crippen molar-refractivity contribution in [1.82, 2.24) is 4.90 Å². The zero-order chi connectivity index (χ0) is 11.8. The zero-order valence-corrected chi connectivity index (χ0v) is 9.93. The van der Waals surface area contributed by atoms with Crippen molar-refractivity contribution in [3.05, 3.63) is 35.9 Å². The van der Waals surface area contributed by atoms with Crippen molar-refractivity contribution in [3.63, 3.8) is 0 Å². The molecule has 1 aromatic carbocycles. The lowest BCUT2D eigenvalue weighted by Crippen LogP contribution is -2.27. The van der Waals surface area contributed by atoms with Crippen LogP contribution in [-0.4, -0.2) is 23.1 Å². The van der Waals surface area contributed by atoms with Gasteiger partial charge in [-0.05, 0) is 26.3 Å². The van der Waals surface area contributed by atoms with E-state index in [1.807, 2.05) is 51.1 Å². The first-order chi connectivity index (χ1) is 7.47. The zero-order valence-electron chi connectivity index (χ0n) is 9.93. The van der Waals surface area contributed by atoms with Gasteiger partial charge in [-0.25, -0.2) is 4.79 Å². The number of hydrogen-bond acceptors (Lipinski definition) is 2. The highest BCUT2D eigenvalue weighted by atomic mass is 16.6. The van der Waals surface area contributed by atoms with E-state index < -0.39 is 5.60 Å². The molecule has 3 heteroatoms. The van der Waals surface area contributed by atoms with E-state index in [0.29, 0.717) is 0 Å². The monoisotopic (exact) mass is 219 g/mol. The van der Waals surface area contributed by atoms with E-state index in [0.717, 1.165) is 6.54 Å². The van der Waals surface area contributed by atoms with Crippen LogP contribution in [-0.2, 0) is 4.74 Å². The molecule has 0 bridgehead atoms. The van der Waals surface area contributed by atoms with Crippen LogP contribution < -0.4 is 0 Å². The van der Waals surface area contributed by atoms with Gasteiger partial charge >= 0.3 is 6.09 Å². The molecule has 16 heavy (non-hydrogen) atoms. The molecular weight excluding hydrogens is 202 g/mol. The fourth-order valence-electron chi connectivity index (χ4n) is 1.62. The lowest BCUT2D eigenvalue weighted by molar-refractivity contribution is 0.0406. The topological polar surface area (TPSA) is 29.3 Å². The highest BCUT2D eigenvalue weighted by molar-refractivity contribution is 5.72. The van der Waals surface area contributed by atoms with Gasteiger partial charge in [0.25, 0.3) is 0 Å². The lowest BCUT2D eigenvalue weighted by Gasteiger charge is -2.19. The van der Waals surface area contributed by atoms with Crippen LogP contribution in [0, 0.1) is 0 Å². The molecule has 0 aliphatic carbocycles. The van der Waals surface area contributed by atoms with Crippen molar-refractivity contribution in [1.29, 1.82) is 0 Å². The number of carbonyl (C=O) groups excluding carboxylic acids is 1. The van der Waals surface area contributed by atoms with Gasteiger partial charge in [-0.2, -0.15) is 0 Å². The second-order valence-electron chi connectivity index (χ2n) is 5.06. The second-order valence-corrected chi connectivity index (χ2v) is 5.06. The molecule has 1 atom stereocenters. The Balaban J connectivity index is 1.95. The Morgan fingerprint density at radius 2 is 1.94 bits per heavy atom. The predicted molar refractivity (Wildman–Crippen MR) is 62.1 cm³/mol.